The van der Waals surface area contributed by atoms with Gasteiger partial charge in [0.25, 0.3) is 5.91 Å². The summed E-state index contributed by atoms with van der Waals surface area (Å²) in [6, 6.07) is 14.8. The number of benzene rings is 2. The summed E-state index contributed by atoms with van der Waals surface area (Å²) in [5.74, 6) is 0.210. The highest BCUT2D eigenvalue weighted by Crippen LogP contribution is 2.30. The first-order valence-electron chi connectivity index (χ1n) is 7.06. The number of halogens is 1. The Morgan fingerprint density at radius 1 is 1.13 bits per heavy atom. The number of rotatable bonds is 4. The van der Waals surface area contributed by atoms with Gasteiger partial charge >= 0.3 is 0 Å². The van der Waals surface area contributed by atoms with Crippen molar-refractivity contribution in [3.8, 4) is 5.75 Å². The summed E-state index contributed by atoms with van der Waals surface area (Å²) in [6.45, 7) is 0. The Hall–Kier alpha value is -2.66. The van der Waals surface area contributed by atoms with Crippen molar-refractivity contribution in [1.29, 1.82) is 0 Å². The number of carbonyl (C=O) groups excluding carboxylic acids is 1. The van der Waals surface area contributed by atoms with Gasteiger partial charge in [-0.15, -0.1) is 0 Å². The van der Waals surface area contributed by atoms with E-state index < -0.39 is 5.91 Å². The van der Waals surface area contributed by atoms with Gasteiger partial charge in [0, 0.05) is 16.1 Å². The number of amides is 1. The summed E-state index contributed by atoms with van der Waals surface area (Å²) in [4.78, 5) is 11.8. The van der Waals surface area contributed by atoms with E-state index in [4.69, 9.17) is 22.1 Å². The van der Waals surface area contributed by atoms with E-state index in [0.717, 1.165) is 16.9 Å². The second-order valence-corrected chi connectivity index (χ2v) is 5.49. The molecule has 1 unspecified atom stereocenters. The molecule has 0 spiro atoms. The van der Waals surface area contributed by atoms with Gasteiger partial charge in [-0.05, 0) is 30.3 Å². The third-order valence-electron chi connectivity index (χ3n) is 3.67. The smallest absolute Gasteiger partial charge is 0.267 e. The van der Waals surface area contributed by atoms with E-state index in [-0.39, 0.29) is 6.17 Å². The largest absolute Gasteiger partial charge is 0.497 e. The van der Waals surface area contributed by atoms with Gasteiger partial charge in [0.2, 0.25) is 0 Å². The van der Waals surface area contributed by atoms with Crippen molar-refractivity contribution in [3.05, 3.63) is 70.4 Å². The predicted molar refractivity (Wildman–Crippen MR) is 89.6 cm³/mol. The molecule has 0 fully saturated rings. The van der Waals surface area contributed by atoms with Gasteiger partial charge in [0.05, 0.1) is 12.8 Å². The van der Waals surface area contributed by atoms with Gasteiger partial charge in [-0.25, -0.2) is 0 Å². The van der Waals surface area contributed by atoms with Crippen LogP contribution < -0.4 is 21.1 Å². The minimum Gasteiger partial charge on any atom is -0.497 e. The van der Waals surface area contributed by atoms with E-state index in [2.05, 4.69) is 10.6 Å². The molecule has 2 aromatic rings. The molecule has 2 aromatic carbocycles. The monoisotopic (exact) mass is 329 g/mol. The summed E-state index contributed by atoms with van der Waals surface area (Å²) < 4.78 is 5.15. The highest BCUT2D eigenvalue weighted by molar-refractivity contribution is 6.31. The zero-order valence-corrected chi connectivity index (χ0v) is 13.2. The van der Waals surface area contributed by atoms with Crippen LogP contribution in [0.5, 0.6) is 5.75 Å². The molecule has 4 N–H and O–H groups in total. The number of hydrogen-bond donors (Lipinski definition) is 3. The molecule has 1 heterocycles. The predicted octanol–water partition coefficient (Wildman–Crippen LogP) is 2.39. The lowest BCUT2D eigenvalue weighted by molar-refractivity contribution is -0.114. The van der Waals surface area contributed by atoms with Crippen molar-refractivity contribution in [2.45, 2.75) is 6.17 Å². The van der Waals surface area contributed by atoms with Gasteiger partial charge in [0.1, 0.15) is 17.6 Å². The number of methoxy groups -OCH3 is 1. The van der Waals surface area contributed by atoms with E-state index in [1.807, 2.05) is 42.5 Å². The van der Waals surface area contributed by atoms with Gasteiger partial charge in [-0.3, -0.25) is 4.79 Å². The minimum absolute atomic E-state index is 0.316. The molecule has 6 heteroatoms. The number of hydrogen-bond acceptors (Lipinski definition) is 4. The summed E-state index contributed by atoms with van der Waals surface area (Å²) in [7, 11) is 1.60. The van der Waals surface area contributed by atoms with Crippen LogP contribution in [0, 0.1) is 0 Å². The Kier molecular flexibility index (Phi) is 4.12. The molecule has 0 aromatic heterocycles. The maximum absolute atomic E-state index is 11.8. The topological polar surface area (TPSA) is 76.4 Å². The van der Waals surface area contributed by atoms with Gasteiger partial charge in [-0.1, -0.05) is 29.8 Å². The van der Waals surface area contributed by atoms with E-state index in [1.165, 1.54) is 0 Å². The fourth-order valence-corrected chi connectivity index (χ4v) is 2.76. The highest BCUT2D eigenvalue weighted by Gasteiger charge is 2.28. The van der Waals surface area contributed by atoms with Crippen LogP contribution in [0.2, 0.25) is 5.02 Å². The minimum atomic E-state index is -0.530. The lowest BCUT2D eigenvalue weighted by Gasteiger charge is -2.16. The maximum atomic E-state index is 11.8. The Labute approximate surface area is 139 Å². The highest BCUT2D eigenvalue weighted by atomic mass is 35.5. The van der Waals surface area contributed by atoms with Crippen LogP contribution in [0.4, 0.5) is 0 Å². The Balaban J connectivity index is 1.95. The molecule has 0 aliphatic carbocycles. The van der Waals surface area contributed by atoms with E-state index in [1.54, 1.807) is 13.2 Å². The lowest BCUT2D eigenvalue weighted by Crippen LogP contribution is -2.28. The van der Waals surface area contributed by atoms with Crippen LogP contribution in [0.3, 0.4) is 0 Å². The molecule has 0 saturated carbocycles. The van der Waals surface area contributed by atoms with Crippen molar-refractivity contribution in [3.63, 3.8) is 0 Å². The molecule has 23 heavy (non-hydrogen) atoms. The van der Waals surface area contributed by atoms with Crippen molar-refractivity contribution in [2.75, 3.05) is 7.11 Å². The van der Waals surface area contributed by atoms with Gasteiger partial charge < -0.3 is 21.1 Å². The van der Waals surface area contributed by atoms with Crippen molar-refractivity contribution in [1.82, 2.24) is 10.6 Å². The Morgan fingerprint density at radius 3 is 2.43 bits per heavy atom. The molecular weight excluding hydrogens is 314 g/mol. The molecule has 1 aliphatic rings. The van der Waals surface area contributed by atoms with E-state index in [0.29, 0.717) is 16.4 Å². The Bertz CT molecular complexity index is 772. The zero-order valence-electron chi connectivity index (χ0n) is 12.5. The molecule has 0 saturated heterocycles. The Morgan fingerprint density at radius 2 is 1.83 bits per heavy atom. The number of primary amides is 1. The summed E-state index contributed by atoms with van der Waals surface area (Å²) >= 11 is 6.23. The first-order chi connectivity index (χ1) is 11.1. The molecule has 1 aliphatic heterocycles. The normalized spacial score (nSPS) is 16.7. The fourth-order valence-electron chi connectivity index (χ4n) is 2.51. The molecule has 1 amide bonds. The van der Waals surface area contributed by atoms with Crippen LogP contribution >= 0.6 is 11.6 Å². The van der Waals surface area contributed by atoms with Crippen LogP contribution in [-0.2, 0) is 4.79 Å². The molecule has 118 valence electrons. The van der Waals surface area contributed by atoms with Crippen LogP contribution in [-0.4, -0.2) is 13.0 Å². The SMILES string of the molecule is COc1ccc(C2=C(C(N)=O)NC(c3ccccc3Cl)N2)cc1. The second kappa shape index (κ2) is 6.22. The van der Waals surface area contributed by atoms with Crippen molar-refractivity contribution < 1.29 is 9.53 Å². The standard InChI is InChI=1S/C17H16ClN3O2/c1-23-11-8-6-10(7-9-11)14-15(16(19)22)21-17(20-14)12-4-2-3-5-13(12)18/h2-9,17,20-21H,1H3,(H2,19,22). The van der Waals surface area contributed by atoms with Gasteiger partial charge in [-0.2, -0.15) is 0 Å². The average Bonchev–Trinajstić information content (AvgIpc) is 3.01. The molecule has 1 atom stereocenters. The number of nitrogens with one attached hydrogen (secondary N) is 2. The zero-order chi connectivity index (χ0) is 16.4. The van der Waals surface area contributed by atoms with E-state index in [9.17, 15) is 4.79 Å². The number of nitrogens with two attached hydrogens (primary N) is 1. The van der Waals surface area contributed by atoms with Crippen molar-refractivity contribution in [2.24, 2.45) is 5.73 Å². The van der Waals surface area contributed by atoms with Crippen LogP contribution in [0.25, 0.3) is 5.70 Å². The summed E-state index contributed by atoms with van der Waals surface area (Å²) in [6.07, 6.45) is -0.316. The third kappa shape index (κ3) is 2.96. The van der Waals surface area contributed by atoms with Crippen LogP contribution in [0.15, 0.2) is 54.2 Å². The van der Waals surface area contributed by atoms with Crippen molar-refractivity contribution >= 4 is 23.2 Å². The maximum Gasteiger partial charge on any atom is 0.267 e. The average molecular weight is 330 g/mol. The molecule has 3 rings (SSSR count). The lowest BCUT2D eigenvalue weighted by atomic mass is 10.1. The molecule has 0 radical (unpaired) electrons. The van der Waals surface area contributed by atoms with E-state index >= 15 is 0 Å². The third-order valence-corrected chi connectivity index (χ3v) is 4.01. The second-order valence-electron chi connectivity index (χ2n) is 5.09. The first-order valence-corrected chi connectivity index (χ1v) is 7.44. The van der Waals surface area contributed by atoms with Crippen LogP contribution in [0.1, 0.15) is 17.3 Å². The summed E-state index contributed by atoms with van der Waals surface area (Å²) in [5.41, 5.74) is 8.16. The first kappa shape index (κ1) is 15.2. The molecule has 0 bridgehead atoms. The number of carbonyl (C=O) groups is 1. The fraction of sp³-hybridized carbons (Fsp3) is 0.118. The quantitative estimate of drug-likeness (QED) is 0.805. The molecule has 5 nitrogen and oxygen atoms in total. The summed E-state index contributed by atoms with van der Waals surface area (Å²) in [5, 5.41) is 6.99. The van der Waals surface area contributed by atoms with Gasteiger partial charge in [0.15, 0.2) is 0 Å². The molecular formula is C17H16ClN3O2. The number of ether oxygens (including phenoxy) is 1.